The Hall–Kier alpha value is -1.35. The molecule has 1 fully saturated rings. The average Bonchev–Trinajstić information content (AvgIpc) is 2.74. The van der Waals surface area contributed by atoms with Crippen LogP contribution in [0.4, 0.5) is 0 Å². The summed E-state index contributed by atoms with van der Waals surface area (Å²) in [5, 5.41) is 0. The fourth-order valence-electron chi connectivity index (χ4n) is 2.12. The Morgan fingerprint density at radius 3 is 2.69 bits per heavy atom. The van der Waals surface area contributed by atoms with E-state index in [4.69, 9.17) is 10.5 Å². The van der Waals surface area contributed by atoms with Crippen molar-refractivity contribution in [1.29, 1.82) is 0 Å². The Labute approximate surface area is 95.6 Å². The van der Waals surface area contributed by atoms with E-state index in [1.807, 2.05) is 30.3 Å². The van der Waals surface area contributed by atoms with E-state index in [0.717, 1.165) is 24.8 Å². The third kappa shape index (κ3) is 2.61. The Balaban J connectivity index is 1.84. The normalized spacial score (nSPS) is 24.3. The second kappa shape index (κ2) is 5.12. The van der Waals surface area contributed by atoms with E-state index in [0.29, 0.717) is 6.61 Å². The molecule has 0 saturated heterocycles. The van der Waals surface area contributed by atoms with Crippen molar-refractivity contribution in [2.75, 3.05) is 0 Å². The minimum atomic E-state index is -0.145. The van der Waals surface area contributed by atoms with Crippen LogP contribution in [0.15, 0.2) is 30.3 Å². The van der Waals surface area contributed by atoms with Crippen LogP contribution in [0.1, 0.15) is 24.8 Å². The van der Waals surface area contributed by atoms with Crippen molar-refractivity contribution in [3.05, 3.63) is 35.9 Å². The van der Waals surface area contributed by atoms with Crippen molar-refractivity contribution in [3.63, 3.8) is 0 Å². The maximum Gasteiger partial charge on any atom is 0.310 e. The largest absolute Gasteiger partial charge is 0.461 e. The van der Waals surface area contributed by atoms with Crippen molar-refractivity contribution in [2.24, 2.45) is 11.7 Å². The third-order valence-corrected chi connectivity index (χ3v) is 3.10. The second-order valence-electron chi connectivity index (χ2n) is 4.29. The summed E-state index contributed by atoms with van der Waals surface area (Å²) >= 11 is 0. The molecule has 3 nitrogen and oxygen atoms in total. The number of benzene rings is 1. The molecule has 0 spiro atoms. The van der Waals surface area contributed by atoms with Crippen LogP contribution in [0, 0.1) is 5.92 Å². The van der Waals surface area contributed by atoms with E-state index < -0.39 is 0 Å². The van der Waals surface area contributed by atoms with Gasteiger partial charge >= 0.3 is 5.97 Å². The van der Waals surface area contributed by atoms with E-state index in [1.165, 1.54) is 0 Å². The van der Waals surface area contributed by atoms with E-state index >= 15 is 0 Å². The first-order valence-electron chi connectivity index (χ1n) is 5.73. The number of esters is 1. The highest BCUT2D eigenvalue weighted by Gasteiger charge is 2.31. The molecule has 1 saturated carbocycles. The SMILES string of the molecule is N[C@H]1CCC[C@H]1C(=O)OCc1ccccc1. The van der Waals surface area contributed by atoms with Crippen LogP contribution in [0.25, 0.3) is 0 Å². The summed E-state index contributed by atoms with van der Waals surface area (Å²) in [6.07, 6.45) is 2.84. The van der Waals surface area contributed by atoms with Gasteiger partial charge in [0, 0.05) is 6.04 Å². The summed E-state index contributed by atoms with van der Waals surface area (Å²) in [6, 6.07) is 9.69. The van der Waals surface area contributed by atoms with Gasteiger partial charge in [0.2, 0.25) is 0 Å². The zero-order valence-electron chi connectivity index (χ0n) is 9.26. The lowest BCUT2D eigenvalue weighted by Gasteiger charge is -2.14. The number of ether oxygens (including phenoxy) is 1. The summed E-state index contributed by atoms with van der Waals surface area (Å²) in [4.78, 5) is 11.7. The van der Waals surface area contributed by atoms with Gasteiger partial charge in [-0.3, -0.25) is 4.79 Å². The van der Waals surface area contributed by atoms with Crippen molar-refractivity contribution >= 4 is 5.97 Å². The van der Waals surface area contributed by atoms with E-state index in [9.17, 15) is 4.79 Å². The first-order chi connectivity index (χ1) is 7.77. The molecule has 1 aromatic rings. The van der Waals surface area contributed by atoms with Crippen LogP contribution in [0.3, 0.4) is 0 Å². The molecule has 0 radical (unpaired) electrons. The quantitative estimate of drug-likeness (QED) is 0.789. The van der Waals surface area contributed by atoms with Crippen molar-refractivity contribution in [2.45, 2.75) is 31.9 Å². The highest BCUT2D eigenvalue weighted by Crippen LogP contribution is 2.25. The van der Waals surface area contributed by atoms with Crippen molar-refractivity contribution in [1.82, 2.24) is 0 Å². The Kier molecular flexibility index (Phi) is 3.57. The third-order valence-electron chi connectivity index (χ3n) is 3.10. The zero-order chi connectivity index (χ0) is 11.4. The van der Waals surface area contributed by atoms with Crippen LogP contribution >= 0.6 is 0 Å². The van der Waals surface area contributed by atoms with Crippen molar-refractivity contribution < 1.29 is 9.53 Å². The second-order valence-corrected chi connectivity index (χ2v) is 4.29. The number of carbonyl (C=O) groups is 1. The minimum Gasteiger partial charge on any atom is -0.461 e. The summed E-state index contributed by atoms with van der Waals surface area (Å²) in [5.41, 5.74) is 6.86. The molecule has 3 heteroatoms. The topological polar surface area (TPSA) is 52.3 Å². The maximum atomic E-state index is 11.7. The van der Waals surface area contributed by atoms with Gasteiger partial charge in [0.15, 0.2) is 0 Å². The number of nitrogens with two attached hydrogens (primary N) is 1. The molecular formula is C13H17NO2. The molecular weight excluding hydrogens is 202 g/mol. The lowest BCUT2D eigenvalue weighted by Crippen LogP contribution is -2.31. The number of hydrogen-bond acceptors (Lipinski definition) is 3. The Morgan fingerprint density at radius 2 is 2.06 bits per heavy atom. The summed E-state index contributed by atoms with van der Waals surface area (Å²) < 4.78 is 5.26. The molecule has 2 N–H and O–H groups in total. The van der Waals surface area contributed by atoms with Gasteiger partial charge in [-0.25, -0.2) is 0 Å². The maximum absolute atomic E-state index is 11.7. The first-order valence-corrected chi connectivity index (χ1v) is 5.73. The zero-order valence-corrected chi connectivity index (χ0v) is 9.26. The van der Waals surface area contributed by atoms with E-state index in [-0.39, 0.29) is 17.9 Å². The predicted molar refractivity (Wildman–Crippen MR) is 61.6 cm³/mol. The van der Waals surface area contributed by atoms with Crippen LogP contribution in [-0.4, -0.2) is 12.0 Å². The van der Waals surface area contributed by atoms with Gasteiger partial charge in [0.25, 0.3) is 0 Å². The highest BCUT2D eigenvalue weighted by molar-refractivity contribution is 5.73. The van der Waals surface area contributed by atoms with Gasteiger partial charge in [-0.05, 0) is 18.4 Å². The molecule has 0 amide bonds. The molecule has 1 aromatic carbocycles. The van der Waals surface area contributed by atoms with Crippen LogP contribution in [-0.2, 0) is 16.1 Å². The molecule has 2 rings (SSSR count). The smallest absolute Gasteiger partial charge is 0.310 e. The molecule has 2 atom stereocenters. The van der Waals surface area contributed by atoms with Crippen molar-refractivity contribution in [3.8, 4) is 0 Å². The van der Waals surface area contributed by atoms with Gasteiger partial charge in [-0.1, -0.05) is 36.8 Å². The lowest BCUT2D eigenvalue weighted by molar-refractivity contribution is -0.150. The first kappa shape index (κ1) is 11.1. The van der Waals surface area contributed by atoms with Gasteiger partial charge < -0.3 is 10.5 Å². The van der Waals surface area contributed by atoms with E-state index in [2.05, 4.69) is 0 Å². The Morgan fingerprint density at radius 1 is 1.31 bits per heavy atom. The molecule has 0 bridgehead atoms. The lowest BCUT2D eigenvalue weighted by atomic mass is 10.1. The van der Waals surface area contributed by atoms with E-state index in [1.54, 1.807) is 0 Å². The van der Waals surface area contributed by atoms with Crippen LogP contribution < -0.4 is 5.73 Å². The molecule has 0 aromatic heterocycles. The monoisotopic (exact) mass is 219 g/mol. The molecule has 86 valence electrons. The fourth-order valence-corrected chi connectivity index (χ4v) is 2.12. The number of hydrogen-bond donors (Lipinski definition) is 1. The van der Waals surface area contributed by atoms with Crippen LogP contribution in [0.5, 0.6) is 0 Å². The molecule has 1 aliphatic carbocycles. The minimum absolute atomic E-state index is 0.0109. The molecule has 0 heterocycles. The standard InChI is InChI=1S/C13H17NO2/c14-12-8-4-7-11(12)13(15)16-9-10-5-2-1-3-6-10/h1-3,5-6,11-12H,4,7-9,14H2/t11-,12+/m1/s1. The van der Waals surface area contributed by atoms with Gasteiger partial charge in [0.1, 0.15) is 6.61 Å². The molecule has 0 unspecified atom stereocenters. The number of carbonyl (C=O) groups excluding carboxylic acids is 1. The average molecular weight is 219 g/mol. The summed E-state index contributed by atoms with van der Waals surface area (Å²) in [6.45, 7) is 0.350. The Bertz CT molecular complexity index is 350. The fraction of sp³-hybridized carbons (Fsp3) is 0.462. The van der Waals surface area contributed by atoms with Gasteiger partial charge in [-0.15, -0.1) is 0 Å². The van der Waals surface area contributed by atoms with Gasteiger partial charge in [0.05, 0.1) is 5.92 Å². The van der Waals surface area contributed by atoms with Crippen LogP contribution in [0.2, 0.25) is 0 Å². The molecule has 0 aliphatic heterocycles. The number of rotatable bonds is 3. The summed E-state index contributed by atoms with van der Waals surface area (Å²) in [7, 11) is 0. The molecule has 16 heavy (non-hydrogen) atoms. The van der Waals surface area contributed by atoms with Gasteiger partial charge in [-0.2, -0.15) is 0 Å². The summed E-state index contributed by atoms with van der Waals surface area (Å²) in [5.74, 6) is -0.238. The highest BCUT2D eigenvalue weighted by atomic mass is 16.5. The predicted octanol–water partition coefficient (Wildman–Crippen LogP) is 1.86. The molecule has 1 aliphatic rings.